The maximum Gasteiger partial charge on any atom is 0.251 e. The van der Waals surface area contributed by atoms with Crippen molar-refractivity contribution in [1.29, 1.82) is 0 Å². The van der Waals surface area contributed by atoms with Crippen LogP contribution in [0.1, 0.15) is 41.0 Å². The Morgan fingerprint density at radius 1 is 1.33 bits per heavy atom. The van der Waals surface area contributed by atoms with E-state index >= 15 is 0 Å². The van der Waals surface area contributed by atoms with E-state index in [4.69, 9.17) is 4.74 Å². The van der Waals surface area contributed by atoms with E-state index in [9.17, 15) is 4.79 Å². The van der Waals surface area contributed by atoms with E-state index in [-0.39, 0.29) is 11.9 Å². The molecule has 0 aliphatic heterocycles. The normalized spacial score (nSPS) is 10.8. The predicted octanol–water partition coefficient (Wildman–Crippen LogP) is 2.80. The number of nitrogens with zero attached hydrogens (tertiary/aromatic N) is 2. The van der Waals surface area contributed by atoms with Gasteiger partial charge in [0.15, 0.2) is 0 Å². The number of carbonyl (C=O) groups excluding carboxylic acids is 1. The molecule has 0 saturated carbocycles. The molecular weight excluding hydrogens is 304 g/mol. The van der Waals surface area contributed by atoms with Gasteiger partial charge in [-0.25, -0.2) is 4.68 Å². The molecule has 0 spiro atoms. The first-order valence-electron chi connectivity index (χ1n) is 8.05. The van der Waals surface area contributed by atoms with Gasteiger partial charge in [-0.05, 0) is 51.5 Å². The van der Waals surface area contributed by atoms with Gasteiger partial charge in [0.1, 0.15) is 0 Å². The molecule has 0 atom stereocenters. The van der Waals surface area contributed by atoms with Crippen LogP contribution in [-0.4, -0.2) is 28.8 Å². The highest BCUT2D eigenvalue weighted by Crippen LogP contribution is 2.23. The first kappa shape index (κ1) is 17.8. The lowest BCUT2D eigenvalue weighted by molar-refractivity contribution is 0.0942. The predicted molar refractivity (Wildman–Crippen MR) is 95.6 cm³/mol. The molecule has 130 valence electrons. The van der Waals surface area contributed by atoms with Crippen molar-refractivity contribution in [3.05, 3.63) is 40.6 Å². The van der Waals surface area contributed by atoms with Gasteiger partial charge in [-0.3, -0.25) is 4.79 Å². The van der Waals surface area contributed by atoms with Crippen molar-refractivity contribution in [1.82, 2.24) is 15.1 Å². The zero-order valence-electron chi connectivity index (χ0n) is 15.2. The Morgan fingerprint density at radius 2 is 2.04 bits per heavy atom. The van der Waals surface area contributed by atoms with Crippen LogP contribution >= 0.6 is 0 Å². The number of methoxy groups -OCH3 is 1. The third-order valence-corrected chi connectivity index (χ3v) is 3.84. The molecular formula is C18H26N4O2. The van der Waals surface area contributed by atoms with Crippen LogP contribution in [0.15, 0.2) is 18.2 Å². The summed E-state index contributed by atoms with van der Waals surface area (Å²) in [7, 11) is 3.51. The van der Waals surface area contributed by atoms with Crippen molar-refractivity contribution in [3.63, 3.8) is 0 Å². The smallest absolute Gasteiger partial charge is 0.251 e. The summed E-state index contributed by atoms with van der Waals surface area (Å²) >= 11 is 0. The second-order valence-electron chi connectivity index (χ2n) is 6.21. The fourth-order valence-electron chi connectivity index (χ4n) is 2.70. The molecule has 6 nitrogen and oxygen atoms in total. The lowest BCUT2D eigenvalue weighted by Crippen LogP contribution is -2.30. The lowest BCUT2D eigenvalue weighted by Gasteiger charge is -2.13. The van der Waals surface area contributed by atoms with Crippen molar-refractivity contribution in [2.75, 3.05) is 12.4 Å². The highest BCUT2D eigenvalue weighted by atomic mass is 16.5. The van der Waals surface area contributed by atoms with Crippen LogP contribution in [0.4, 0.5) is 5.69 Å². The van der Waals surface area contributed by atoms with Crippen molar-refractivity contribution >= 4 is 11.6 Å². The molecule has 2 rings (SSSR count). The van der Waals surface area contributed by atoms with E-state index in [1.807, 2.05) is 52.9 Å². The summed E-state index contributed by atoms with van der Waals surface area (Å²) in [5, 5.41) is 10.7. The quantitative estimate of drug-likeness (QED) is 0.854. The third-order valence-electron chi connectivity index (χ3n) is 3.84. The summed E-state index contributed by atoms with van der Waals surface area (Å²) in [5.41, 5.74) is 4.56. The number of benzene rings is 1. The van der Waals surface area contributed by atoms with Gasteiger partial charge in [-0.1, -0.05) is 0 Å². The Hall–Kier alpha value is -2.50. The molecule has 0 aliphatic carbocycles. The van der Waals surface area contributed by atoms with Gasteiger partial charge in [-0.15, -0.1) is 0 Å². The van der Waals surface area contributed by atoms with Crippen LogP contribution < -0.4 is 15.4 Å². The van der Waals surface area contributed by atoms with Crippen LogP contribution in [0.2, 0.25) is 0 Å². The molecule has 24 heavy (non-hydrogen) atoms. The molecule has 0 saturated heterocycles. The summed E-state index contributed by atoms with van der Waals surface area (Å²) in [5.74, 6) is 0.712. The van der Waals surface area contributed by atoms with Gasteiger partial charge in [0.2, 0.25) is 5.88 Å². The number of amides is 1. The molecule has 0 unspecified atom stereocenters. The Labute approximate surface area is 143 Å². The number of ether oxygens (including phenoxy) is 1. The van der Waals surface area contributed by atoms with E-state index in [1.54, 1.807) is 11.8 Å². The highest BCUT2D eigenvalue weighted by molar-refractivity contribution is 5.96. The Kier molecular flexibility index (Phi) is 5.49. The number of hydrogen-bond acceptors (Lipinski definition) is 4. The molecule has 1 aromatic heterocycles. The summed E-state index contributed by atoms with van der Waals surface area (Å²) in [6.07, 6.45) is 0. The molecule has 0 fully saturated rings. The van der Waals surface area contributed by atoms with E-state index in [0.717, 1.165) is 28.4 Å². The fourth-order valence-corrected chi connectivity index (χ4v) is 2.70. The lowest BCUT2D eigenvalue weighted by atomic mass is 10.1. The molecule has 2 aromatic rings. The van der Waals surface area contributed by atoms with Crippen LogP contribution in [-0.2, 0) is 13.6 Å². The molecule has 1 amide bonds. The first-order valence-corrected chi connectivity index (χ1v) is 8.05. The monoisotopic (exact) mass is 330 g/mol. The molecule has 6 heteroatoms. The minimum Gasteiger partial charge on any atom is -0.481 e. The van der Waals surface area contributed by atoms with Gasteiger partial charge in [0, 0.05) is 30.9 Å². The number of rotatable bonds is 6. The molecule has 1 heterocycles. The third kappa shape index (κ3) is 3.88. The SMILES string of the molecule is COc1c(CNc2ccc(C(=O)NC(C)C)c(C)c2)c(C)nn1C. The Balaban J connectivity index is 2.12. The zero-order chi connectivity index (χ0) is 17.9. The minimum atomic E-state index is -0.0428. The van der Waals surface area contributed by atoms with Crippen LogP contribution in [0.5, 0.6) is 5.88 Å². The maximum atomic E-state index is 12.1. The molecule has 0 aliphatic rings. The van der Waals surface area contributed by atoms with Crippen molar-refractivity contribution in [2.45, 2.75) is 40.3 Å². The second kappa shape index (κ2) is 7.38. The van der Waals surface area contributed by atoms with Crippen LogP contribution in [0.25, 0.3) is 0 Å². The number of hydrogen-bond donors (Lipinski definition) is 2. The van der Waals surface area contributed by atoms with Gasteiger partial charge in [0.25, 0.3) is 5.91 Å². The maximum absolute atomic E-state index is 12.1. The second-order valence-corrected chi connectivity index (χ2v) is 6.21. The van der Waals surface area contributed by atoms with Crippen molar-refractivity contribution in [3.8, 4) is 5.88 Å². The van der Waals surface area contributed by atoms with Crippen LogP contribution in [0, 0.1) is 13.8 Å². The summed E-state index contributed by atoms with van der Waals surface area (Å²) < 4.78 is 7.14. The van der Waals surface area contributed by atoms with E-state index in [0.29, 0.717) is 12.1 Å². The van der Waals surface area contributed by atoms with Gasteiger partial charge in [0.05, 0.1) is 18.4 Å². The number of nitrogens with one attached hydrogen (secondary N) is 2. The standard InChI is InChI=1S/C18H26N4O2/c1-11(2)20-17(23)15-8-7-14(9-12(15)3)19-10-16-13(4)21-22(5)18(16)24-6/h7-9,11,19H,10H2,1-6H3,(H,20,23). The first-order chi connectivity index (χ1) is 11.3. The highest BCUT2D eigenvalue weighted by Gasteiger charge is 2.14. The molecule has 2 N–H and O–H groups in total. The Bertz CT molecular complexity index is 735. The van der Waals surface area contributed by atoms with E-state index in [2.05, 4.69) is 15.7 Å². The summed E-state index contributed by atoms with van der Waals surface area (Å²) in [6, 6.07) is 5.87. The van der Waals surface area contributed by atoms with E-state index < -0.39 is 0 Å². The van der Waals surface area contributed by atoms with Crippen molar-refractivity contribution in [2.24, 2.45) is 7.05 Å². The van der Waals surface area contributed by atoms with E-state index in [1.165, 1.54) is 0 Å². The average molecular weight is 330 g/mol. The average Bonchev–Trinajstić information content (AvgIpc) is 2.77. The number of anilines is 1. The van der Waals surface area contributed by atoms with Gasteiger partial charge < -0.3 is 15.4 Å². The number of carbonyl (C=O) groups is 1. The van der Waals surface area contributed by atoms with Crippen molar-refractivity contribution < 1.29 is 9.53 Å². The molecule has 1 aromatic carbocycles. The minimum absolute atomic E-state index is 0.0428. The molecule has 0 bridgehead atoms. The zero-order valence-corrected chi connectivity index (χ0v) is 15.2. The van der Waals surface area contributed by atoms with Gasteiger partial charge >= 0.3 is 0 Å². The van der Waals surface area contributed by atoms with Crippen LogP contribution in [0.3, 0.4) is 0 Å². The number of aromatic nitrogens is 2. The summed E-state index contributed by atoms with van der Waals surface area (Å²) in [6.45, 7) is 8.42. The number of aryl methyl sites for hydroxylation is 3. The topological polar surface area (TPSA) is 68.2 Å². The van der Waals surface area contributed by atoms with Gasteiger partial charge in [-0.2, -0.15) is 5.10 Å². The molecule has 0 radical (unpaired) electrons. The largest absolute Gasteiger partial charge is 0.481 e. The fraction of sp³-hybridized carbons (Fsp3) is 0.444. The summed E-state index contributed by atoms with van der Waals surface area (Å²) in [4.78, 5) is 12.1. The Morgan fingerprint density at radius 3 is 2.62 bits per heavy atom.